The standard InChI is InChI=1S/C24H23NO4/c1-24(2,23(27)28)29-21-15-13-18(14-16-21)17-22(26)25(19-9-5-3-6-10-19)20-11-7-4-8-12-20/h3-16H,17H2,1-2H3,(H,27,28). The van der Waals surface area contributed by atoms with Gasteiger partial charge in [0.05, 0.1) is 6.42 Å². The number of rotatable bonds is 7. The third kappa shape index (κ3) is 5.02. The zero-order valence-electron chi connectivity index (χ0n) is 16.4. The molecule has 0 aliphatic heterocycles. The number of carbonyl (C=O) groups excluding carboxylic acids is 1. The van der Waals surface area contributed by atoms with Gasteiger partial charge >= 0.3 is 5.97 Å². The molecule has 0 aliphatic carbocycles. The minimum absolute atomic E-state index is 0.0677. The predicted molar refractivity (Wildman–Crippen MR) is 113 cm³/mol. The van der Waals surface area contributed by atoms with Gasteiger partial charge in [-0.15, -0.1) is 0 Å². The third-order valence-corrected chi connectivity index (χ3v) is 4.44. The lowest BCUT2D eigenvalue weighted by atomic mass is 10.1. The number of anilines is 2. The number of aliphatic carboxylic acids is 1. The second kappa shape index (κ2) is 8.61. The first-order valence-corrected chi connectivity index (χ1v) is 9.31. The average Bonchev–Trinajstić information content (AvgIpc) is 2.71. The summed E-state index contributed by atoms with van der Waals surface area (Å²) in [6.07, 6.45) is 0.201. The van der Waals surface area contributed by atoms with Gasteiger partial charge < -0.3 is 9.84 Å². The summed E-state index contributed by atoms with van der Waals surface area (Å²) in [5.41, 5.74) is 1.08. The predicted octanol–water partition coefficient (Wildman–Crippen LogP) is 4.84. The van der Waals surface area contributed by atoms with E-state index in [4.69, 9.17) is 4.74 Å². The van der Waals surface area contributed by atoms with Crippen LogP contribution < -0.4 is 9.64 Å². The molecule has 3 rings (SSSR count). The van der Waals surface area contributed by atoms with E-state index in [9.17, 15) is 14.7 Å². The molecule has 1 amide bonds. The summed E-state index contributed by atoms with van der Waals surface area (Å²) in [4.78, 5) is 26.0. The lowest BCUT2D eigenvalue weighted by Gasteiger charge is -2.23. The fourth-order valence-corrected chi connectivity index (χ4v) is 2.86. The van der Waals surface area contributed by atoms with E-state index in [0.29, 0.717) is 5.75 Å². The van der Waals surface area contributed by atoms with Gasteiger partial charge in [0, 0.05) is 11.4 Å². The Morgan fingerprint density at radius 1 is 0.828 bits per heavy atom. The first-order chi connectivity index (χ1) is 13.9. The van der Waals surface area contributed by atoms with Crippen molar-refractivity contribution in [1.29, 1.82) is 0 Å². The van der Waals surface area contributed by atoms with E-state index in [1.807, 2.05) is 60.7 Å². The second-order valence-corrected chi connectivity index (χ2v) is 7.14. The van der Waals surface area contributed by atoms with Crippen LogP contribution in [-0.4, -0.2) is 22.6 Å². The summed E-state index contributed by atoms with van der Waals surface area (Å²) < 4.78 is 5.51. The van der Waals surface area contributed by atoms with Gasteiger partial charge in [0.25, 0.3) is 0 Å². The molecule has 0 spiro atoms. The van der Waals surface area contributed by atoms with Gasteiger partial charge in [-0.1, -0.05) is 48.5 Å². The van der Waals surface area contributed by atoms with Crippen LogP contribution in [0.5, 0.6) is 5.75 Å². The molecular formula is C24H23NO4. The van der Waals surface area contributed by atoms with E-state index in [1.165, 1.54) is 13.8 Å². The molecular weight excluding hydrogens is 366 g/mol. The molecule has 0 saturated carbocycles. The summed E-state index contributed by atoms with van der Waals surface area (Å²) in [6.45, 7) is 2.98. The Bertz CT molecular complexity index is 927. The summed E-state index contributed by atoms with van der Waals surface area (Å²) in [7, 11) is 0. The summed E-state index contributed by atoms with van der Waals surface area (Å²) >= 11 is 0. The lowest BCUT2D eigenvalue weighted by molar-refractivity contribution is -0.152. The number of para-hydroxylation sites is 2. The van der Waals surface area contributed by atoms with Crippen molar-refractivity contribution in [3.8, 4) is 5.75 Å². The summed E-state index contributed by atoms with van der Waals surface area (Å²) in [6, 6.07) is 25.9. The topological polar surface area (TPSA) is 66.8 Å². The first kappa shape index (κ1) is 20.1. The first-order valence-electron chi connectivity index (χ1n) is 9.31. The molecule has 0 bridgehead atoms. The van der Waals surface area contributed by atoms with E-state index in [2.05, 4.69) is 0 Å². The Morgan fingerprint density at radius 3 is 1.76 bits per heavy atom. The average molecular weight is 389 g/mol. The normalized spacial score (nSPS) is 11.0. The van der Waals surface area contributed by atoms with Crippen LogP contribution in [0.4, 0.5) is 11.4 Å². The summed E-state index contributed by atoms with van der Waals surface area (Å²) in [5.74, 6) is -0.670. The number of carboxylic acid groups (broad SMARTS) is 1. The zero-order chi connectivity index (χ0) is 20.9. The van der Waals surface area contributed by atoms with Crippen molar-refractivity contribution < 1.29 is 19.4 Å². The van der Waals surface area contributed by atoms with Gasteiger partial charge in [0.2, 0.25) is 5.91 Å². The molecule has 0 unspecified atom stereocenters. The van der Waals surface area contributed by atoms with Gasteiger partial charge in [0.1, 0.15) is 5.75 Å². The van der Waals surface area contributed by atoms with Gasteiger partial charge in [-0.3, -0.25) is 9.69 Å². The highest BCUT2D eigenvalue weighted by Crippen LogP contribution is 2.26. The van der Waals surface area contributed by atoms with Crippen molar-refractivity contribution in [1.82, 2.24) is 0 Å². The monoisotopic (exact) mass is 389 g/mol. The number of ether oxygens (including phenoxy) is 1. The molecule has 0 atom stereocenters. The van der Waals surface area contributed by atoms with E-state index < -0.39 is 11.6 Å². The highest BCUT2D eigenvalue weighted by Gasteiger charge is 2.29. The fraction of sp³-hybridized carbons (Fsp3) is 0.167. The van der Waals surface area contributed by atoms with Crippen LogP contribution in [0.15, 0.2) is 84.9 Å². The number of benzene rings is 3. The van der Waals surface area contributed by atoms with Crippen molar-refractivity contribution in [2.45, 2.75) is 25.9 Å². The Balaban J connectivity index is 1.79. The van der Waals surface area contributed by atoms with Crippen LogP contribution in [0.3, 0.4) is 0 Å². The van der Waals surface area contributed by atoms with E-state index in [-0.39, 0.29) is 12.3 Å². The Labute approximate surface area is 170 Å². The molecule has 0 radical (unpaired) electrons. The van der Waals surface area contributed by atoms with Crippen molar-refractivity contribution in [2.24, 2.45) is 0 Å². The minimum Gasteiger partial charge on any atom is -0.478 e. The molecule has 0 aromatic heterocycles. The molecule has 3 aromatic rings. The highest BCUT2D eigenvalue weighted by atomic mass is 16.5. The second-order valence-electron chi connectivity index (χ2n) is 7.14. The lowest BCUT2D eigenvalue weighted by Crippen LogP contribution is -2.37. The molecule has 0 heterocycles. The smallest absolute Gasteiger partial charge is 0.347 e. The van der Waals surface area contributed by atoms with Crippen LogP contribution in [0, 0.1) is 0 Å². The van der Waals surface area contributed by atoms with Crippen LogP contribution in [0.25, 0.3) is 0 Å². The number of amides is 1. The quantitative estimate of drug-likeness (QED) is 0.628. The van der Waals surface area contributed by atoms with Crippen molar-refractivity contribution in [3.63, 3.8) is 0 Å². The number of hydrogen-bond acceptors (Lipinski definition) is 3. The third-order valence-electron chi connectivity index (χ3n) is 4.44. The van der Waals surface area contributed by atoms with Gasteiger partial charge in [-0.2, -0.15) is 0 Å². The van der Waals surface area contributed by atoms with Gasteiger partial charge in [0.15, 0.2) is 5.60 Å². The van der Waals surface area contributed by atoms with Crippen LogP contribution in [0.1, 0.15) is 19.4 Å². The largest absolute Gasteiger partial charge is 0.478 e. The van der Waals surface area contributed by atoms with Crippen LogP contribution in [-0.2, 0) is 16.0 Å². The molecule has 5 nitrogen and oxygen atoms in total. The van der Waals surface area contributed by atoms with Gasteiger partial charge in [-0.05, 0) is 55.8 Å². The van der Waals surface area contributed by atoms with Crippen molar-refractivity contribution in [3.05, 3.63) is 90.5 Å². The Kier molecular flexibility index (Phi) is 5.98. The SMILES string of the molecule is CC(C)(Oc1ccc(CC(=O)N(c2ccccc2)c2ccccc2)cc1)C(=O)O. The van der Waals surface area contributed by atoms with Crippen molar-refractivity contribution in [2.75, 3.05) is 4.90 Å². The molecule has 148 valence electrons. The number of carboxylic acids is 1. The van der Waals surface area contributed by atoms with Gasteiger partial charge in [-0.25, -0.2) is 4.79 Å². The molecule has 3 aromatic carbocycles. The molecule has 0 aliphatic rings. The number of carbonyl (C=O) groups is 2. The fourth-order valence-electron chi connectivity index (χ4n) is 2.86. The molecule has 0 saturated heterocycles. The molecule has 5 heteroatoms. The highest BCUT2D eigenvalue weighted by molar-refractivity contribution is 6.01. The molecule has 1 N–H and O–H groups in total. The van der Waals surface area contributed by atoms with Crippen molar-refractivity contribution >= 4 is 23.3 Å². The maximum Gasteiger partial charge on any atom is 0.347 e. The summed E-state index contributed by atoms with van der Waals surface area (Å²) in [5, 5.41) is 9.18. The van der Waals surface area contributed by atoms with E-state index >= 15 is 0 Å². The van der Waals surface area contributed by atoms with Crippen LogP contribution in [0.2, 0.25) is 0 Å². The minimum atomic E-state index is -1.32. The van der Waals surface area contributed by atoms with E-state index in [0.717, 1.165) is 16.9 Å². The molecule has 29 heavy (non-hydrogen) atoms. The molecule has 0 fully saturated rings. The van der Waals surface area contributed by atoms with Crippen LogP contribution >= 0.6 is 0 Å². The maximum atomic E-state index is 13.1. The maximum absolute atomic E-state index is 13.1. The number of hydrogen-bond donors (Lipinski definition) is 1. The number of nitrogens with zero attached hydrogens (tertiary/aromatic N) is 1. The van der Waals surface area contributed by atoms with E-state index in [1.54, 1.807) is 29.2 Å². The Hall–Kier alpha value is -3.60. The zero-order valence-corrected chi connectivity index (χ0v) is 16.4. The Morgan fingerprint density at radius 2 is 1.31 bits per heavy atom.